The lowest BCUT2D eigenvalue weighted by Gasteiger charge is -2.12. The first-order chi connectivity index (χ1) is 12.1. The molecule has 128 valence electrons. The molecule has 0 aliphatic heterocycles. The van der Waals surface area contributed by atoms with Gasteiger partial charge in [-0.3, -0.25) is 4.79 Å². The molecule has 6 heteroatoms. The highest BCUT2D eigenvalue weighted by Gasteiger charge is 2.17. The second-order valence-corrected chi connectivity index (χ2v) is 6.48. The number of methoxy groups -OCH3 is 1. The van der Waals surface area contributed by atoms with E-state index < -0.39 is 0 Å². The number of nitrogens with one attached hydrogen (secondary N) is 1. The van der Waals surface area contributed by atoms with Crippen molar-refractivity contribution in [2.75, 3.05) is 12.4 Å². The highest BCUT2D eigenvalue weighted by atomic mass is 32.1. The van der Waals surface area contributed by atoms with Gasteiger partial charge in [-0.1, -0.05) is 6.07 Å². The van der Waals surface area contributed by atoms with Gasteiger partial charge in [0.05, 0.1) is 13.0 Å². The molecule has 3 aromatic rings. The standard InChI is InChI=1S/C19H17FN2O2S/c1-12(17-4-3-9-25-17)19(23)22-18-10-13(7-8-21-18)15-11-14(20)5-6-16(15)24-2/h3-12H,1-2H3,(H,21,22,23)/t12-/m0/s1. The highest BCUT2D eigenvalue weighted by Crippen LogP contribution is 2.31. The lowest BCUT2D eigenvalue weighted by molar-refractivity contribution is -0.117. The first-order valence-electron chi connectivity index (χ1n) is 7.72. The van der Waals surface area contributed by atoms with Crippen LogP contribution in [-0.4, -0.2) is 18.0 Å². The zero-order valence-electron chi connectivity index (χ0n) is 13.8. The van der Waals surface area contributed by atoms with Crippen molar-refractivity contribution in [3.63, 3.8) is 0 Å². The van der Waals surface area contributed by atoms with Crippen LogP contribution in [0.3, 0.4) is 0 Å². The zero-order chi connectivity index (χ0) is 17.8. The van der Waals surface area contributed by atoms with Crippen LogP contribution in [0.1, 0.15) is 17.7 Å². The third-order valence-electron chi connectivity index (χ3n) is 3.85. The van der Waals surface area contributed by atoms with Crippen molar-refractivity contribution in [1.29, 1.82) is 0 Å². The highest BCUT2D eigenvalue weighted by molar-refractivity contribution is 7.10. The number of halogens is 1. The number of benzene rings is 1. The number of hydrogen-bond donors (Lipinski definition) is 1. The van der Waals surface area contributed by atoms with E-state index in [-0.39, 0.29) is 17.6 Å². The molecule has 1 aromatic carbocycles. The number of thiophene rings is 1. The molecule has 1 N–H and O–H groups in total. The molecule has 4 nitrogen and oxygen atoms in total. The molecule has 2 aromatic heterocycles. The SMILES string of the molecule is COc1ccc(F)cc1-c1ccnc(NC(=O)[C@@H](C)c2cccs2)c1. The molecule has 0 spiro atoms. The van der Waals surface area contributed by atoms with Crippen LogP contribution in [-0.2, 0) is 4.79 Å². The van der Waals surface area contributed by atoms with E-state index in [0.29, 0.717) is 22.7 Å². The number of nitrogens with zero attached hydrogens (tertiary/aromatic N) is 1. The van der Waals surface area contributed by atoms with Crippen LogP contribution < -0.4 is 10.1 Å². The smallest absolute Gasteiger partial charge is 0.233 e. The van der Waals surface area contributed by atoms with Crippen LogP contribution in [0.2, 0.25) is 0 Å². The van der Waals surface area contributed by atoms with Gasteiger partial charge in [-0.25, -0.2) is 9.37 Å². The monoisotopic (exact) mass is 356 g/mol. The molecule has 3 rings (SSSR count). The van der Waals surface area contributed by atoms with E-state index in [1.54, 1.807) is 24.4 Å². The molecule has 2 heterocycles. The fourth-order valence-electron chi connectivity index (χ4n) is 2.47. The van der Waals surface area contributed by atoms with Gasteiger partial charge in [0, 0.05) is 16.6 Å². The molecular weight excluding hydrogens is 339 g/mol. The van der Waals surface area contributed by atoms with Crippen molar-refractivity contribution in [2.45, 2.75) is 12.8 Å². The zero-order valence-corrected chi connectivity index (χ0v) is 14.6. The van der Waals surface area contributed by atoms with E-state index in [1.165, 1.54) is 30.6 Å². The Morgan fingerprint density at radius 1 is 1.28 bits per heavy atom. The van der Waals surface area contributed by atoms with Crippen molar-refractivity contribution in [1.82, 2.24) is 4.98 Å². The van der Waals surface area contributed by atoms with Crippen LogP contribution in [0, 0.1) is 5.82 Å². The van der Waals surface area contributed by atoms with Gasteiger partial charge in [0.25, 0.3) is 0 Å². The molecule has 1 atom stereocenters. The molecule has 0 aliphatic carbocycles. The predicted octanol–water partition coefficient (Wildman–Crippen LogP) is 4.70. The number of amides is 1. The summed E-state index contributed by atoms with van der Waals surface area (Å²) in [5, 5.41) is 4.75. The van der Waals surface area contributed by atoms with Gasteiger partial charge in [-0.2, -0.15) is 0 Å². The average molecular weight is 356 g/mol. The molecular formula is C19H17FN2O2S. The Kier molecular flexibility index (Phi) is 5.09. The summed E-state index contributed by atoms with van der Waals surface area (Å²) >= 11 is 1.54. The maximum absolute atomic E-state index is 13.6. The summed E-state index contributed by atoms with van der Waals surface area (Å²) in [6.45, 7) is 1.85. The van der Waals surface area contributed by atoms with Crippen LogP contribution in [0.5, 0.6) is 5.75 Å². The van der Waals surface area contributed by atoms with Gasteiger partial charge in [0.15, 0.2) is 0 Å². The van der Waals surface area contributed by atoms with Gasteiger partial charge in [-0.05, 0) is 54.3 Å². The molecule has 0 saturated carbocycles. The summed E-state index contributed by atoms with van der Waals surface area (Å²) in [5.41, 5.74) is 1.32. The summed E-state index contributed by atoms with van der Waals surface area (Å²) in [6, 6.07) is 11.6. The van der Waals surface area contributed by atoms with Gasteiger partial charge in [0.1, 0.15) is 17.4 Å². The molecule has 1 amide bonds. The number of ether oxygens (including phenoxy) is 1. The molecule has 0 saturated heterocycles. The van der Waals surface area contributed by atoms with E-state index >= 15 is 0 Å². The second-order valence-electron chi connectivity index (χ2n) is 5.50. The maximum Gasteiger partial charge on any atom is 0.233 e. The molecule has 0 unspecified atom stereocenters. The fourth-order valence-corrected chi connectivity index (χ4v) is 3.26. The van der Waals surface area contributed by atoms with E-state index in [9.17, 15) is 9.18 Å². The largest absolute Gasteiger partial charge is 0.496 e. The van der Waals surface area contributed by atoms with Gasteiger partial charge >= 0.3 is 0 Å². The lowest BCUT2D eigenvalue weighted by Crippen LogP contribution is -2.18. The summed E-state index contributed by atoms with van der Waals surface area (Å²) in [7, 11) is 1.53. The minimum atomic E-state index is -0.357. The van der Waals surface area contributed by atoms with Crippen molar-refractivity contribution in [2.24, 2.45) is 0 Å². The first kappa shape index (κ1) is 17.1. The Morgan fingerprint density at radius 2 is 2.12 bits per heavy atom. The quantitative estimate of drug-likeness (QED) is 0.721. The maximum atomic E-state index is 13.6. The number of carbonyl (C=O) groups excluding carboxylic acids is 1. The van der Waals surface area contributed by atoms with Crippen LogP contribution in [0.4, 0.5) is 10.2 Å². The van der Waals surface area contributed by atoms with Crippen molar-refractivity contribution >= 4 is 23.1 Å². The summed E-state index contributed by atoms with van der Waals surface area (Å²) in [4.78, 5) is 17.6. The molecule has 25 heavy (non-hydrogen) atoms. The molecule has 0 fully saturated rings. The topological polar surface area (TPSA) is 51.2 Å². The molecule has 0 aliphatic rings. The second kappa shape index (κ2) is 7.44. The Morgan fingerprint density at radius 3 is 2.84 bits per heavy atom. The van der Waals surface area contributed by atoms with Crippen molar-refractivity contribution in [3.8, 4) is 16.9 Å². The summed E-state index contributed by atoms with van der Waals surface area (Å²) in [5.74, 6) is 0.200. The summed E-state index contributed by atoms with van der Waals surface area (Å²) < 4.78 is 18.9. The number of pyridine rings is 1. The normalized spacial score (nSPS) is 11.8. The molecule has 0 bridgehead atoms. The van der Waals surface area contributed by atoms with Gasteiger partial charge in [-0.15, -0.1) is 11.3 Å². The lowest BCUT2D eigenvalue weighted by atomic mass is 10.1. The van der Waals surface area contributed by atoms with Gasteiger partial charge in [0.2, 0.25) is 5.91 Å². The fraction of sp³-hybridized carbons (Fsp3) is 0.158. The summed E-state index contributed by atoms with van der Waals surface area (Å²) in [6.07, 6.45) is 1.57. The van der Waals surface area contributed by atoms with E-state index in [0.717, 1.165) is 4.88 Å². The van der Waals surface area contributed by atoms with Crippen LogP contribution in [0.25, 0.3) is 11.1 Å². The Hall–Kier alpha value is -2.73. The van der Waals surface area contributed by atoms with Crippen molar-refractivity contribution < 1.29 is 13.9 Å². The molecule has 0 radical (unpaired) electrons. The number of hydrogen-bond acceptors (Lipinski definition) is 4. The number of carbonyl (C=O) groups is 1. The minimum Gasteiger partial charge on any atom is -0.496 e. The predicted molar refractivity (Wildman–Crippen MR) is 97.5 cm³/mol. The van der Waals surface area contributed by atoms with E-state index in [2.05, 4.69) is 10.3 Å². The van der Waals surface area contributed by atoms with Gasteiger partial charge < -0.3 is 10.1 Å². The Balaban J connectivity index is 1.85. The van der Waals surface area contributed by atoms with E-state index in [4.69, 9.17) is 4.74 Å². The third kappa shape index (κ3) is 3.85. The third-order valence-corrected chi connectivity index (χ3v) is 4.90. The number of rotatable bonds is 5. The van der Waals surface area contributed by atoms with Crippen LogP contribution in [0.15, 0.2) is 54.0 Å². The number of aromatic nitrogens is 1. The Labute approximate surface area is 149 Å². The Bertz CT molecular complexity index is 881. The van der Waals surface area contributed by atoms with E-state index in [1.807, 2.05) is 24.4 Å². The number of anilines is 1. The minimum absolute atomic E-state index is 0.140. The first-order valence-corrected chi connectivity index (χ1v) is 8.60. The van der Waals surface area contributed by atoms with Crippen LogP contribution >= 0.6 is 11.3 Å². The van der Waals surface area contributed by atoms with Crippen molar-refractivity contribution in [3.05, 3.63) is 64.7 Å². The average Bonchev–Trinajstić information content (AvgIpc) is 3.16.